The number of nitrogens with zero attached hydrogens (tertiary/aromatic N) is 3. The van der Waals surface area contributed by atoms with Gasteiger partial charge in [0, 0.05) is 38.3 Å². The molecule has 0 aromatic heterocycles. The first-order valence-electron chi connectivity index (χ1n) is 7.25. The fourth-order valence-electron chi connectivity index (χ4n) is 3.16. The number of hydrogen-bond acceptors (Lipinski definition) is 4. The van der Waals surface area contributed by atoms with E-state index in [0.717, 1.165) is 26.1 Å². The molecule has 0 aliphatic carbocycles. The van der Waals surface area contributed by atoms with Gasteiger partial charge in [0.15, 0.2) is 0 Å². The molecule has 2 unspecified atom stereocenters. The summed E-state index contributed by atoms with van der Waals surface area (Å²) in [5.41, 5.74) is 0. The van der Waals surface area contributed by atoms with Crippen molar-refractivity contribution < 1.29 is 8.42 Å². The second kappa shape index (κ2) is 5.68. The highest BCUT2D eigenvalue weighted by atomic mass is 32.2. The maximum absolute atomic E-state index is 12.8. The van der Waals surface area contributed by atoms with Gasteiger partial charge in [-0.3, -0.25) is 4.90 Å². The summed E-state index contributed by atoms with van der Waals surface area (Å²) in [5.74, 6) is 0. The van der Waals surface area contributed by atoms with Gasteiger partial charge in [-0.05, 0) is 40.8 Å². The second-order valence-corrected chi connectivity index (χ2v) is 8.43. The van der Waals surface area contributed by atoms with Crippen molar-refractivity contribution in [1.29, 1.82) is 0 Å². The SMILES string of the molecule is CC(C)N1CCC(S(=O)(=O)N2CCN(C)CC2C)C1. The molecule has 0 aromatic rings. The summed E-state index contributed by atoms with van der Waals surface area (Å²) in [6.07, 6.45) is 0.777. The highest BCUT2D eigenvalue weighted by Crippen LogP contribution is 2.24. The summed E-state index contributed by atoms with van der Waals surface area (Å²) in [4.78, 5) is 4.47. The van der Waals surface area contributed by atoms with Crippen LogP contribution in [0.3, 0.4) is 0 Å². The third-order valence-corrected chi connectivity index (χ3v) is 6.85. The lowest BCUT2D eigenvalue weighted by Gasteiger charge is -2.38. The summed E-state index contributed by atoms with van der Waals surface area (Å²) >= 11 is 0. The van der Waals surface area contributed by atoms with Gasteiger partial charge < -0.3 is 4.90 Å². The minimum atomic E-state index is -3.14. The molecule has 0 amide bonds. The topological polar surface area (TPSA) is 43.9 Å². The predicted molar refractivity (Wildman–Crippen MR) is 77.7 cm³/mol. The molecule has 5 nitrogen and oxygen atoms in total. The maximum Gasteiger partial charge on any atom is 0.218 e. The van der Waals surface area contributed by atoms with E-state index in [1.54, 1.807) is 4.31 Å². The molecule has 2 saturated heterocycles. The van der Waals surface area contributed by atoms with Crippen molar-refractivity contribution in [3.8, 4) is 0 Å². The van der Waals surface area contributed by atoms with Crippen LogP contribution in [-0.4, -0.2) is 79.6 Å². The van der Waals surface area contributed by atoms with E-state index in [4.69, 9.17) is 0 Å². The molecule has 0 radical (unpaired) electrons. The Kier molecular flexibility index (Phi) is 4.55. The van der Waals surface area contributed by atoms with Crippen molar-refractivity contribution in [2.24, 2.45) is 0 Å². The molecule has 19 heavy (non-hydrogen) atoms. The first-order valence-corrected chi connectivity index (χ1v) is 8.76. The van der Waals surface area contributed by atoms with Crippen LogP contribution in [0, 0.1) is 0 Å². The molecule has 0 N–H and O–H groups in total. The zero-order valence-corrected chi connectivity index (χ0v) is 13.4. The largest absolute Gasteiger partial charge is 0.303 e. The molecule has 2 rings (SSSR count). The molecule has 2 heterocycles. The average Bonchev–Trinajstić information content (AvgIpc) is 2.78. The summed E-state index contributed by atoms with van der Waals surface area (Å²) in [6.45, 7) is 10.2. The number of rotatable bonds is 3. The summed E-state index contributed by atoms with van der Waals surface area (Å²) in [6, 6.07) is 0.530. The van der Waals surface area contributed by atoms with Crippen molar-refractivity contribution in [1.82, 2.24) is 14.1 Å². The lowest BCUT2D eigenvalue weighted by atomic mass is 10.2. The van der Waals surface area contributed by atoms with Crippen LogP contribution in [0.15, 0.2) is 0 Å². The third-order valence-electron chi connectivity index (χ3n) is 4.42. The van der Waals surface area contributed by atoms with E-state index >= 15 is 0 Å². The molecule has 6 heteroatoms. The zero-order chi connectivity index (χ0) is 14.2. The number of hydrogen-bond donors (Lipinski definition) is 0. The normalized spacial score (nSPS) is 32.3. The Morgan fingerprint density at radius 2 is 1.79 bits per heavy atom. The van der Waals surface area contributed by atoms with Gasteiger partial charge in [0.2, 0.25) is 10.0 Å². The van der Waals surface area contributed by atoms with E-state index in [1.807, 2.05) is 6.92 Å². The minimum Gasteiger partial charge on any atom is -0.303 e. The maximum atomic E-state index is 12.8. The third kappa shape index (κ3) is 3.12. The molecule has 0 spiro atoms. The van der Waals surface area contributed by atoms with Crippen molar-refractivity contribution >= 4 is 10.0 Å². The van der Waals surface area contributed by atoms with Crippen LogP contribution >= 0.6 is 0 Å². The van der Waals surface area contributed by atoms with Gasteiger partial charge in [0.05, 0.1) is 5.25 Å². The van der Waals surface area contributed by atoms with E-state index in [2.05, 4.69) is 30.7 Å². The fraction of sp³-hybridized carbons (Fsp3) is 1.00. The Morgan fingerprint density at radius 1 is 1.11 bits per heavy atom. The van der Waals surface area contributed by atoms with Gasteiger partial charge in [0.1, 0.15) is 0 Å². The Bertz CT molecular complexity index is 410. The van der Waals surface area contributed by atoms with Crippen molar-refractivity contribution in [2.45, 2.75) is 44.5 Å². The van der Waals surface area contributed by atoms with E-state index in [0.29, 0.717) is 19.1 Å². The number of likely N-dealkylation sites (tertiary alicyclic amines) is 1. The van der Waals surface area contributed by atoms with Gasteiger partial charge in [-0.2, -0.15) is 4.31 Å². The molecule has 0 aromatic carbocycles. The van der Waals surface area contributed by atoms with Crippen LogP contribution in [0.1, 0.15) is 27.2 Å². The molecule has 112 valence electrons. The second-order valence-electron chi connectivity index (χ2n) is 6.27. The van der Waals surface area contributed by atoms with Crippen LogP contribution < -0.4 is 0 Å². The Morgan fingerprint density at radius 3 is 2.32 bits per heavy atom. The predicted octanol–water partition coefficient (Wildman–Crippen LogP) is 0.435. The molecule has 0 saturated carbocycles. The van der Waals surface area contributed by atoms with Gasteiger partial charge in [-0.1, -0.05) is 0 Å². The van der Waals surface area contributed by atoms with Crippen molar-refractivity contribution in [3.63, 3.8) is 0 Å². The molecule has 2 atom stereocenters. The lowest BCUT2D eigenvalue weighted by Crippen LogP contribution is -2.55. The van der Waals surface area contributed by atoms with Crippen LogP contribution in [0.4, 0.5) is 0 Å². The van der Waals surface area contributed by atoms with E-state index in [1.165, 1.54) is 0 Å². The quantitative estimate of drug-likeness (QED) is 0.756. The highest BCUT2D eigenvalue weighted by Gasteiger charge is 2.40. The van der Waals surface area contributed by atoms with Crippen LogP contribution in [-0.2, 0) is 10.0 Å². The van der Waals surface area contributed by atoms with Crippen LogP contribution in [0.5, 0.6) is 0 Å². The minimum absolute atomic E-state index is 0.0943. The molecular formula is C13H27N3O2S. The smallest absolute Gasteiger partial charge is 0.218 e. The van der Waals surface area contributed by atoms with E-state index in [9.17, 15) is 8.42 Å². The number of piperazine rings is 1. The van der Waals surface area contributed by atoms with Crippen molar-refractivity contribution in [3.05, 3.63) is 0 Å². The lowest BCUT2D eigenvalue weighted by molar-refractivity contribution is 0.169. The van der Waals surface area contributed by atoms with Gasteiger partial charge in [0.25, 0.3) is 0 Å². The monoisotopic (exact) mass is 289 g/mol. The van der Waals surface area contributed by atoms with Crippen molar-refractivity contribution in [2.75, 3.05) is 39.8 Å². The molecular weight excluding hydrogens is 262 g/mol. The first kappa shape index (κ1) is 15.2. The van der Waals surface area contributed by atoms with Crippen LogP contribution in [0.25, 0.3) is 0 Å². The van der Waals surface area contributed by atoms with E-state index in [-0.39, 0.29) is 11.3 Å². The average molecular weight is 289 g/mol. The summed E-state index contributed by atoms with van der Waals surface area (Å²) in [5, 5.41) is -0.208. The van der Waals surface area contributed by atoms with Gasteiger partial charge >= 0.3 is 0 Å². The molecule has 2 aliphatic rings. The molecule has 0 bridgehead atoms. The standard InChI is InChI=1S/C13H27N3O2S/c1-11(2)15-6-5-13(10-15)19(17,18)16-8-7-14(4)9-12(16)3/h11-13H,5-10H2,1-4H3. The number of sulfonamides is 1. The molecule has 2 fully saturated rings. The Balaban J connectivity index is 2.06. The zero-order valence-electron chi connectivity index (χ0n) is 12.5. The number of likely N-dealkylation sites (N-methyl/N-ethyl adjacent to an activating group) is 1. The van der Waals surface area contributed by atoms with E-state index < -0.39 is 10.0 Å². The van der Waals surface area contributed by atoms with Gasteiger partial charge in [-0.15, -0.1) is 0 Å². The fourth-order valence-corrected chi connectivity index (χ4v) is 5.23. The molecule has 2 aliphatic heterocycles. The Labute approximate surface area is 117 Å². The van der Waals surface area contributed by atoms with Gasteiger partial charge in [-0.25, -0.2) is 8.42 Å². The first-order chi connectivity index (χ1) is 8.82. The summed E-state index contributed by atoms with van der Waals surface area (Å²) < 4.78 is 27.2. The van der Waals surface area contributed by atoms with Crippen LogP contribution in [0.2, 0.25) is 0 Å². The Hall–Kier alpha value is -0.170. The summed E-state index contributed by atoms with van der Waals surface area (Å²) in [7, 11) is -1.08. The highest BCUT2D eigenvalue weighted by molar-refractivity contribution is 7.89.